The summed E-state index contributed by atoms with van der Waals surface area (Å²) >= 11 is 0. The van der Waals surface area contributed by atoms with Crippen LogP contribution in [-0.4, -0.2) is 39.3 Å². The van der Waals surface area contributed by atoms with Crippen molar-refractivity contribution in [2.75, 3.05) is 13.2 Å². The first-order valence-corrected chi connectivity index (χ1v) is 8.06. The number of fused-ring (bicyclic) bond motifs is 1. The molecule has 2 aliphatic rings. The zero-order valence-corrected chi connectivity index (χ0v) is 13.2. The van der Waals surface area contributed by atoms with Gasteiger partial charge in [-0.25, -0.2) is 0 Å². The molecule has 0 unspecified atom stereocenters. The number of nitrogens with zero attached hydrogens (tertiary/aromatic N) is 3. The van der Waals surface area contributed by atoms with Gasteiger partial charge in [0.25, 0.3) is 5.91 Å². The second-order valence-electron chi connectivity index (χ2n) is 6.40. The Morgan fingerprint density at radius 3 is 3.13 bits per heavy atom. The minimum absolute atomic E-state index is 0.0638. The quantitative estimate of drug-likeness (QED) is 0.909. The highest BCUT2D eigenvalue weighted by atomic mass is 16.5. The highest BCUT2D eigenvalue weighted by Crippen LogP contribution is 2.30. The molecule has 1 fully saturated rings. The van der Waals surface area contributed by atoms with Crippen LogP contribution in [0.15, 0.2) is 10.6 Å². The van der Waals surface area contributed by atoms with Gasteiger partial charge in [0.05, 0.1) is 13.2 Å². The molecule has 1 saturated carbocycles. The predicted octanol–water partition coefficient (Wildman–Crippen LogP) is 1.83. The van der Waals surface area contributed by atoms with Crippen molar-refractivity contribution in [3.05, 3.63) is 34.5 Å². The molecule has 1 aliphatic carbocycles. The lowest BCUT2D eigenvalue weighted by Gasteiger charge is -2.25. The van der Waals surface area contributed by atoms with E-state index in [1.165, 1.54) is 12.8 Å². The topological polar surface area (TPSA) is 84.2 Å². The van der Waals surface area contributed by atoms with Gasteiger partial charge in [0, 0.05) is 30.8 Å². The van der Waals surface area contributed by atoms with Crippen molar-refractivity contribution in [1.82, 2.24) is 20.3 Å². The molecule has 2 aromatic heterocycles. The maximum absolute atomic E-state index is 12.5. The van der Waals surface area contributed by atoms with E-state index in [4.69, 9.17) is 9.26 Å². The number of aromatic amines is 1. The number of carbonyl (C=O) groups is 1. The minimum Gasteiger partial charge on any atom is -0.375 e. The van der Waals surface area contributed by atoms with Gasteiger partial charge in [0.15, 0.2) is 0 Å². The van der Waals surface area contributed by atoms with E-state index in [-0.39, 0.29) is 5.91 Å². The lowest BCUT2D eigenvalue weighted by atomic mass is 10.1. The highest BCUT2D eigenvalue weighted by molar-refractivity contribution is 5.92. The van der Waals surface area contributed by atoms with Crippen LogP contribution in [0.25, 0.3) is 0 Å². The fourth-order valence-corrected chi connectivity index (χ4v) is 2.85. The maximum atomic E-state index is 12.5. The molecule has 4 rings (SSSR count). The van der Waals surface area contributed by atoms with Crippen LogP contribution in [-0.2, 0) is 24.3 Å². The maximum Gasteiger partial charge on any atom is 0.274 e. The molecule has 7 nitrogen and oxygen atoms in total. The van der Waals surface area contributed by atoms with Crippen molar-refractivity contribution >= 4 is 5.91 Å². The van der Waals surface area contributed by atoms with E-state index < -0.39 is 0 Å². The minimum atomic E-state index is -0.0638. The van der Waals surface area contributed by atoms with Gasteiger partial charge in [0.2, 0.25) is 0 Å². The van der Waals surface area contributed by atoms with Gasteiger partial charge >= 0.3 is 0 Å². The second kappa shape index (κ2) is 5.81. The van der Waals surface area contributed by atoms with Gasteiger partial charge in [0.1, 0.15) is 17.1 Å². The number of ether oxygens (including phenoxy) is 1. The Hall–Kier alpha value is -2.15. The van der Waals surface area contributed by atoms with Crippen LogP contribution in [0.4, 0.5) is 0 Å². The molecule has 7 heteroatoms. The fourth-order valence-electron chi connectivity index (χ4n) is 2.85. The summed E-state index contributed by atoms with van der Waals surface area (Å²) in [7, 11) is 0. The van der Waals surface area contributed by atoms with E-state index in [0.717, 1.165) is 35.2 Å². The first kappa shape index (κ1) is 14.4. The molecular formula is C16H20N4O3. The SMILES string of the molecule is Cc1cc(C(=O)N2CCc3onc(COCC4CC4)c3C2)n[nH]1. The molecule has 0 bridgehead atoms. The summed E-state index contributed by atoms with van der Waals surface area (Å²) in [4.78, 5) is 14.3. The number of carbonyl (C=O) groups excluding carboxylic acids is 1. The summed E-state index contributed by atoms with van der Waals surface area (Å²) in [5, 5.41) is 11.0. The predicted molar refractivity (Wildman–Crippen MR) is 80.7 cm³/mol. The lowest BCUT2D eigenvalue weighted by molar-refractivity contribution is 0.0720. The third-order valence-electron chi connectivity index (χ3n) is 4.41. The molecule has 2 aromatic rings. The zero-order valence-electron chi connectivity index (χ0n) is 13.2. The molecule has 23 heavy (non-hydrogen) atoms. The Morgan fingerprint density at radius 1 is 1.52 bits per heavy atom. The average Bonchev–Trinajstić information content (AvgIpc) is 3.14. The summed E-state index contributed by atoms with van der Waals surface area (Å²) in [5.74, 6) is 1.53. The number of aryl methyl sites for hydroxylation is 1. The second-order valence-corrected chi connectivity index (χ2v) is 6.40. The Balaban J connectivity index is 1.44. The lowest BCUT2D eigenvalue weighted by Crippen LogP contribution is -2.36. The van der Waals surface area contributed by atoms with E-state index in [2.05, 4.69) is 15.4 Å². The van der Waals surface area contributed by atoms with Crippen molar-refractivity contribution < 1.29 is 14.1 Å². The largest absolute Gasteiger partial charge is 0.375 e. The molecule has 1 aliphatic heterocycles. The first-order chi connectivity index (χ1) is 11.2. The molecule has 3 heterocycles. The van der Waals surface area contributed by atoms with Crippen molar-refractivity contribution in [3.8, 4) is 0 Å². The third kappa shape index (κ3) is 3.01. The molecule has 0 spiro atoms. The molecule has 0 aromatic carbocycles. The molecule has 0 atom stereocenters. The van der Waals surface area contributed by atoms with Crippen molar-refractivity contribution in [2.45, 2.75) is 39.3 Å². The third-order valence-corrected chi connectivity index (χ3v) is 4.41. The highest BCUT2D eigenvalue weighted by Gasteiger charge is 2.29. The van der Waals surface area contributed by atoms with Crippen LogP contribution in [0.2, 0.25) is 0 Å². The van der Waals surface area contributed by atoms with Gasteiger partial charge in [-0.05, 0) is 31.7 Å². The Morgan fingerprint density at radius 2 is 2.39 bits per heavy atom. The van der Waals surface area contributed by atoms with Crippen molar-refractivity contribution in [2.24, 2.45) is 5.92 Å². The summed E-state index contributed by atoms with van der Waals surface area (Å²) in [6.45, 7) is 4.25. The van der Waals surface area contributed by atoms with E-state index in [1.807, 2.05) is 6.92 Å². The number of hydrogen-bond acceptors (Lipinski definition) is 5. The number of hydrogen-bond donors (Lipinski definition) is 1. The van der Waals surface area contributed by atoms with Crippen LogP contribution >= 0.6 is 0 Å². The molecule has 1 amide bonds. The summed E-state index contributed by atoms with van der Waals surface area (Å²) in [6.07, 6.45) is 3.21. The molecule has 0 saturated heterocycles. The Labute approximate surface area is 134 Å². The standard InChI is InChI=1S/C16H20N4O3/c1-10-6-13(18-17-10)16(21)20-5-4-15-12(7-20)14(19-23-15)9-22-8-11-2-3-11/h6,11H,2-5,7-9H2,1H3,(H,17,18). The molecular weight excluding hydrogens is 296 g/mol. The Kier molecular flexibility index (Phi) is 3.65. The van der Waals surface area contributed by atoms with E-state index in [1.54, 1.807) is 11.0 Å². The Bertz CT molecular complexity index is 717. The van der Waals surface area contributed by atoms with Crippen LogP contribution in [0, 0.1) is 12.8 Å². The number of aromatic nitrogens is 3. The smallest absolute Gasteiger partial charge is 0.274 e. The van der Waals surface area contributed by atoms with Crippen LogP contribution in [0.5, 0.6) is 0 Å². The summed E-state index contributed by atoms with van der Waals surface area (Å²) in [5.41, 5.74) is 3.14. The van der Waals surface area contributed by atoms with Crippen LogP contribution in [0.3, 0.4) is 0 Å². The van der Waals surface area contributed by atoms with E-state index >= 15 is 0 Å². The van der Waals surface area contributed by atoms with Crippen molar-refractivity contribution in [1.29, 1.82) is 0 Å². The molecule has 1 N–H and O–H groups in total. The molecule has 122 valence electrons. The summed E-state index contributed by atoms with van der Waals surface area (Å²) < 4.78 is 11.1. The summed E-state index contributed by atoms with van der Waals surface area (Å²) in [6, 6.07) is 1.77. The van der Waals surface area contributed by atoms with Gasteiger partial charge in [-0.3, -0.25) is 9.89 Å². The number of amides is 1. The van der Waals surface area contributed by atoms with Crippen LogP contribution < -0.4 is 0 Å². The van der Waals surface area contributed by atoms with E-state index in [9.17, 15) is 4.79 Å². The van der Waals surface area contributed by atoms with Gasteiger partial charge in [-0.1, -0.05) is 5.16 Å². The van der Waals surface area contributed by atoms with E-state index in [0.29, 0.717) is 31.8 Å². The number of nitrogens with one attached hydrogen (secondary N) is 1. The number of H-pyrrole nitrogens is 1. The van der Waals surface area contributed by atoms with Crippen LogP contribution in [0.1, 0.15) is 46.0 Å². The monoisotopic (exact) mass is 316 g/mol. The van der Waals surface area contributed by atoms with Gasteiger partial charge < -0.3 is 14.2 Å². The number of rotatable bonds is 5. The van der Waals surface area contributed by atoms with Crippen molar-refractivity contribution in [3.63, 3.8) is 0 Å². The normalized spacial score (nSPS) is 17.3. The van der Waals surface area contributed by atoms with Gasteiger partial charge in [-0.15, -0.1) is 0 Å². The fraction of sp³-hybridized carbons (Fsp3) is 0.562. The average molecular weight is 316 g/mol. The molecule has 0 radical (unpaired) electrons. The van der Waals surface area contributed by atoms with Gasteiger partial charge in [-0.2, -0.15) is 5.10 Å². The first-order valence-electron chi connectivity index (χ1n) is 8.06. The zero-order chi connectivity index (χ0) is 15.8.